The molecule has 0 atom stereocenters. The number of aromatic nitrogens is 3. The van der Waals surface area contributed by atoms with Crippen molar-refractivity contribution in [2.45, 2.75) is 17.9 Å². The number of methoxy groups -OCH3 is 1. The van der Waals surface area contributed by atoms with Gasteiger partial charge in [0.05, 0.1) is 30.2 Å². The standard InChI is InChI=1S/C18H14BrN3O3S2/c1-10-13(5-6-24-10)16-21-22-18(25-16)27-9-12-8-26-17(20-12)14-7-11(19)3-4-15(14)23-2/h3-8H,9H2,1-2H3. The van der Waals surface area contributed by atoms with Crippen LogP contribution in [0.5, 0.6) is 5.75 Å². The number of benzene rings is 1. The minimum absolute atomic E-state index is 0.460. The highest BCUT2D eigenvalue weighted by molar-refractivity contribution is 9.10. The fourth-order valence-electron chi connectivity index (χ4n) is 2.46. The molecule has 3 heterocycles. The van der Waals surface area contributed by atoms with Crippen molar-refractivity contribution in [2.24, 2.45) is 0 Å². The van der Waals surface area contributed by atoms with Crippen LogP contribution in [0.2, 0.25) is 0 Å². The van der Waals surface area contributed by atoms with Crippen LogP contribution in [0, 0.1) is 6.92 Å². The molecule has 0 aliphatic heterocycles. The van der Waals surface area contributed by atoms with Crippen molar-refractivity contribution < 1.29 is 13.6 Å². The first-order chi connectivity index (χ1) is 13.1. The maximum absolute atomic E-state index is 5.70. The van der Waals surface area contributed by atoms with Gasteiger partial charge >= 0.3 is 0 Å². The number of thiazole rings is 1. The second kappa shape index (κ2) is 7.87. The molecule has 0 bridgehead atoms. The van der Waals surface area contributed by atoms with E-state index in [0.29, 0.717) is 16.9 Å². The Morgan fingerprint density at radius 3 is 2.89 bits per heavy atom. The predicted octanol–water partition coefficient (Wildman–Crippen LogP) is 5.82. The molecule has 0 saturated carbocycles. The Balaban J connectivity index is 1.47. The molecule has 0 amide bonds. The molecule has 0 spiro atoms. The van der Waals surface area contributed by atoms with Crippen LogP contribution < -0.4 is 4.74 Å². The van der Waals surface area contributed by atoms with Crippen LogP contribution in [0.25, 0.3) is 22.0 Å². The van der Waals surface area contributed by atoms with Crippen LogP contribution in [0.3, 0.4) is 0 Å². The molecule has 6 nitrogen and oxygen atoms in total. The van der Waals surface area contributed by atoms with Gasteiger partial charge in [-0.2, -0.15) is 0 Å². The van der Waals surface area contributed by atoms with E-state index in [4.69, 9.17) is 18.6 Å². The summed E-state index contributed by atoms with van der Waals surface area (Å²) in [6.45, 7) is 1.86. The Kier molecular flexibility index (Phi) is 5.33. The lowest BCUT2D eigenvalue weighted by Crippen LogP contribution is -1.88. The zero-order chi connectivity index (χ0) is 18.8. The number of ether oxygens (including phenoxy) is 1. The van der Waals surface area contributed by atoms with Crippen molar-refractivity contribution >= 4 is 39.0 Å². The van der Waals surface area contributed by atoms with E-state index < -0.39 is 0 Å². The van der Waals surface area contributed by atoms with Gasteiger partial charge in [-0.05, 0) is 31.2 Å². The third-order valence-corrected chi connectivity index (χ3v) is 6.05. The zero-order valence-corrected chi connectivity index (χ0v) is 17.7. The summed E-state index contributed by atoms with van der Waals surface area (Å²) in [4.78, 5) is 4.71. The molecule has 0 saturated heterocycles. The topological polar surface area (TPSA) is 74.2 Å². The van der Waals surface area contributed by atoms with Crippen LogP contribution in [0.4, 0.5) is 0 Å². The van der Waals surface area contributed by atoms with Crippen molar-refractivity contribution in [2.75, 3.05) is 7.11 Å². The molecule has 0 aliphatic carbocycles. The van der Waals surface area contributed by atoms with Gasteiger partial charge in [0.15, 0.2) is 0 Å². The number of hydrogen-bond donors (Lipinski definition) is 0. The quantitative estimate of drug-likeness (QED) is 0.333. The maximum Gasteiger partial charge on any atom is 0.277 e. The van der Waals surface area contributed by atoms with Gasteiger partial charge in [0, 0.05) is 15.6 Å². The van der Waals surface area contributed by atoms with Gasteiger partial charge in [0.1, 0.15) is 16.5 Å². The molecule has 9 heteroatoms. The van der Waals surface area contributed by atoms with Gasteiger partial charge in [-0.1, -0.05) is 27.7 Å². The average molecular weight is 464 g/mol. The number of rotatable bonds is 6. The molecule has 0 aliphatic rings. The van der Waals surface area contributed by atoms with Crippen LogP contribution in [0.15, 0.2) is 54.4 Å². The molecule has 4 rings (SSSR count). The summed E-state index contributed by atoms with van der Waals surface area (Å²) in [5.74, 6) is 2.64. The first-order valence-electron chi connectivity index (χ1n) is 7.93. The number of hydrogen-bond acceptors (Lipinski definition) is 8. The second-order valence-corrected chi connectivity index (χ2v) is 8.24. The molecular weight excluding hydrogens is 450 g/mol. The van der Waals surface area contributed by atoms with Gasteiger partial charge < -0.3 is 13.6 Å². The molecule has 3 aromatic heterocycles. The fraction of sp³-hybridized carbons (Fsp3) is 0.167. The Morgan fingerprint density at radius 1 is 1.22 bits per heavy atom. The molecule has 0 radical (unpaired) electrons. The molecule has 0 fully saturated rings. The predicted molar refractivity (Wildman–Crippen MR) is 108 cm³/mol. The van der Waals surface area contributed by atoms with E-state index >= 15 is 0 Å². The SMILES string of the molecule is COc1ccc(Br)cc1-c1nc(CSc2nnc(-c3ccoc3C)o2)cs1. The van der Waals surface area contributed by atoms with E-state index in [0.717, 1.165) is 37.8 Å². The molecule has 1 aromatic carbocycles. The van der Waals surface area contributed by atoms with E-state index in [1.165, 1.54) is 11.8 Å². The molecule has 27 heavy (non-hydrogen) atoms. The van der Waals surface area contributed by atoms with Gasteiger partial charge in [-0.3, -0.25) is 0 Å². The highest BCUT2D eigenvalue weighted by Crippen LogP contribution is 2.35. The van der Waals surface area contributed by atoms with Gasteiger partial charge in [-0.25, -0.2) is 4.98 Å². The zero-order valence-electron chi connectivity index (χ0n) is 14.4. The van der Waals surface area contributed by atoms with Gasteiger partial charge in [0.2, 0.25) is 0 Å². The monoisotopic (exact) mass is 463 g/mol. The summed E-state index contributed by atoms with van der Waals surface area (Å²) in [6.07, 6.45) is 1.61. The first-order valence-corrected chi connectivity index (χ1v) is 10.6. The van der Waals surface area contributed by atoms with Crippen LogP contribution in [-0.2, 0) is 5.75 Å². The number of nitrogens with zero attached hydrogens (tertiary/aromatic N) is 3. The van der Waals surface area contributed by atoms with Crippen LogP contribution in [-0.4, -0.2) is 22.3 Å². The molecule has 138 valence electrons. The Labute approximate surface area is 172 Å². The Hall–Kier alpha value is -2.10. The summed E-state index contributed by atoms with van der Waals surface area (Å²) in [7, 11) is 1.66. The minimum Gasteiger partial charge on any atom is -0.496 e. The molecule has 0 N–H and O–H groups in total. The smallest absolute Gasteiger partial charge is 0.277 e. The van der Waals surface area contributed by atoms with Gasteiger partial charge in [0.25, 0.3) is 11.1 Å². The Bertz CT molecular complexity index is 1070. The largest absolute Gasteiger partial charge is 0.496 e. The number of furan rings is 1. The summed E-state index contributed by atoms with van der Waals surface area (Å²) in [6, 6.07) is 7.69. The van der Waals surface area contributed by atoms with Crippen LogP contribution in [0.1, 0.15) is 11.5 Å². The third-order valence-electron chi connectivity index (χ3n) is 3.78. The first kappa shape index (κ1) is 18.3. The lowest BCUT2D eigenvalue weighted by Gasteiger charge is -2.06. The number of thioether (sulfide) groups is 1. The van der Waals surface area contributed by atoms with Crippen molar-refractivity contribution in [3.8, 4) is 27.8 Å². The van der Waals surface area contributed by atoms with Crippen molar-refractivity contribution in [1.29, 1.82) is 0 Å². The molecular formula is C18H14BrN3O3S2. The van der Waals surface area contributed by atoms with E-state index in [9.17, 15) is 0 Å². The van der Waals surface area contributed by atoms with Crippen molar-refractivity contribution in [3.63, 3.8) is 0 Å². The summed E-state index contributed by atoms with van der Waals surface area (Å²) < 4.78 is 17.4. The van der Waals surface area contributed by atoms with E-state index in [1.807, 2.05) is 36.6 Å². The summed E-state index contributed by atoms with van der Waals surface area (Å²) >= 11 is 6.53. The molecule has 0 unspecified atom stereocenters. The lowest BCUT2D eigenvalue weighted by atomic mass is 10.2. The summed E-state index contributed by atoms with van der Waals surface area (Å²) in [5.41, 5.74) is 2.72. The van der Waals surface area contributed by atoms with Crippen molar-refractivity contribution in [1.82, 2.24) is 15.2 Å². The third kappa shape index (κ3) is 3.95. The van der Waals surface area contributed by atoms with Crippen LogP contribution >= 0.6 is 39.0 Å². The van der Waals surface area contributed by atoms with E-state index in [-0.39, 0.29) is 0 Å². The fourth-order valence-corrected chi connectivity index (χ4v) is 4.43. The summed E-state index contributed by atoms with van der Waals surface area (Å²) in [5, 5.41) is 11.6. The Morgan fingerprint density at radius 2 is 2.11 bits per heavy atom. The average Bonchev–Trinajstić information content (AvgIpc) is 3.40. The normalized spacial score (nSPS) is 11.1. The van der Waals surface area contributed by atoms with Gasteiger partial charge in [-0.15, -0.1) is 21.5 Å². The highest BCUT2D eigenvalue weighted by atomic mass is 79.9. The minimum atomic E-state index is 0.460. The van der Waals surface area contributed by atoms with E-state index in [2.05, 4.69) is 26.1 Å². The number of halogens is 1. The maximum atomic E-state index is 5.70. The highest BCUT2D eigenvalue weighted by Gasteiger charge is 2.15. The van der Waals surface area contributed by atoms with Crippen molar-refractivity contribution in [3.05, 3.63) is 51.8 Å². The molecule has 4 aromatic rings. The second-order valence-electron chi connectivity index (χ2n) is 5.54. The lowest BCUT2D eigenvalue weighted by molar-refractivity contribution is 0.416. The number of aryl methyl sites for hydroxylation is 1. The van der Waals surface area contributed by atoms with E-state index in [1.54, 1.807) is 24.7 Å².